The van der Waals surface area contributed by atoms with E-state index in [-0.39, 0.29) is 59.3 Å². The van der Waals surface area contributed by atoms with Crippen LogP contribution in [0.4, 0.5) is 44.8 Å². The molecule has 1 aromatic heterocycles. The van der Waals surface area contributed by atoms with E-state index < -0.39 is 52.5 Å². The Bertz CT molecular complexity index is 1760. The molecule has 0 saturated carbocycles. The van der Waals surface area contributed by atoms with Gasteiger partial charge in [0.25, 0.3) is 5.91 Å². The summed E-state index contributed by atoms with van der Waals surface area (Å²) < 4.78 is 90.1. The van der Waals surface area contributed by atoms with E-state index >= 15 is 0 Å². The van der Waals surface area contributed by atoms with E-state index in [4.69, 9.17) is 16.2 Å². The van der Waals surface area contributed by atoms with Crippen molar-refractivity contribution in [2.45, 2.75) is 30.0 Å². The Morgan fingerprint density at radius 2 is 1.67 bits per heavy atom. The summed E-state index contributed by atoms with van der Waals surface area (Å²) in [6.07, 6.45) is -3.95. The Morgan fingerprint density at radius 3 is 2.31 bits per heavy atom. The van der Waals surface area contributed by atoms with Crippen molar-refractivity contribution in [3.63, 3.8) is 0 Å². The average molecular weight is 709 g/mol. The third-order valence-electron chi connectivity index (χ3n) is 8.04. The predicted molar refractivity (Wildman–Crippen MR) is 174 cm³/mol. The van der Waals surface area contributed by atoms with Crippen LogP contribution in [0.2, 0.25) is 0 Å². The molecule has 5 rings (SSSR count). The van der Waals surface area contributed by atoms with Crippen molar-refractivity contribution in [3.8, 4) is 0 Å². The number of pyridine rings is 1. The van der Waals surface area contributed by atoms with Crippen molar-refractivity contribution < 1.29 is 40.5 Å². The van der Waals surface area contributed by atoms with Gasteiger partial charge in [0.2, 0.25) is 0 Å². The van der Waals surface area contributed by atoms with Gasteiger partial charge in [-0.1, -0.05) is 0 Å². The molecule has 3 heterocycles. The minimum Gasteiger partial charge on any atom is -0.383 e. The van der Waals surface area contributed by atoms with Crippen LogP contribution in [-0.4, -0.2) is 90.4 Å². The van der Waals surface area contributed by atoms with Gasteiger partial charge in [0.15, 0.2) is 11.0 Å². The van der Waals surface area contributed by atoms with Gasteiger partial charge in [-0.3, -0.25) is 9.59 Å². The molecule has 2 aliphatic heterocycles. The fourth-order valence-corrected chi connectivity index (χ4v) is 6.31. The lowest BCUT2D eigenvalue weighted by atomic mass is 10.0. The SMILES string of the molecule is CN1CCN(c2ccc(C(=O)N=C(N)c3cc(S(=O)Nc4cc(F)cc(F)c4)cnc3N)c(N(C(=O)C(F)(F)F)C3CCOCC3)c2)CC1. The number of benzene rings is 2. The molecule has 49 heavy (non-hydrogen) atoms. The standard InChI is InChI=1S/C31H33F5N8O4S/c1-42-6-8-43(9-7-42)22-2-3-24(26(15-22)44(30(46)31(34,35)36)21-4-10-48-11-5-21)29(45)40-28(38)25-16-23(17-39-27(25)37)49(47)41-20-13-18(32)12-19(33)14-20/h2-3,12-17,21,41H,4-11H2,1H3,(H2,37,39)(H2,38,40,45). The fraction of sp³-hybridized carbons (Fsp3) is 0.355. The van der Waals surface area contributed by atoms with E-state index in [9.17, 15) is 35.8 Å². The molecule has 0 spiro atoms. The molecule has 1 atom stereocenters. The van der Waals surface area contributed by atoms with Crippen LogP contribution in [0, 0.1) is 11.6 Å². The third-order valence-corrected chi connectivity index (χ3v) is 9.11. The van der Waals surface area contributed by atoms with Gasteiger partial charge in [-0.2, -0.15) is 18.2 Å². The van der Waals surface area contributed by atoms with Gasteiger partial charge in [-0.15, -0.1) is 0 Å². The number of likely N-dealkylation sites (N-methyl/N-ethyl adjacent to an activating group) is 1. The van der Waals surface area contributed by atoms with Crippen molar-refractivity contribution in [2.75, 3.05) is 66.7 Å². The first-order valence-electron chi connectivity index (χ1n) is 15.1. The topological polar surface area (TPSA) is 159 Å². The molecule has 18 heteroatoms. The molecular weight excluding hydrogens is 675 g/mol. The van der Waals surface area contributed by atoms with Gasteiger partial charge in [0.1, 0.15) is 23.3 Å². The molecule has 2 saturated heterocycles. The Kier molecular flexibility index (Phi) is 10.8. The van der Waals surface area contributed by atoms with Crippen molar-refractivity contribution >= 4 is 51.5 Å². The number of rotatable bonds is 8. The number of carbonyl (C=O) groups is 2. The van der Waals surface area contributed by atoms with E-state index in [1.165, 1.54) is 18.2 Å². The zero-order valence-electron chi connectivity index (χ0n) is 26.2. The largest absolute Gasteiger partial charge is 0.471 e. The Balaban J connectivity index is 1.52. The van der Waals surface area contributed by atoms with E-state index in [0.29, 0.717) is 42.8 Å². The van der Waals surface area contributed by atoms with Crippen LogP contribution in [0.25, 0.3) is 0 Å². The predicted octanol–water partition coefficient (Wildman–Crippen LogP) is 3.45. The number of amides is 2. The number of aromatic nitrogens is 1. The lowest BCUT2D eigenvalue weighted by Crippen LogP contribution is -2.50. The molecule has 0 bridgehead atoms. The molecule has 12 nitrogen and oxygen atoms in total. The number of aliphatic imine (C=N–C) groups is 1. The molecule has 2 aromatic carbocycles. The number of anilines is 4. The second-order valence-corrected chi connectivity index (χ2v) is 12.7. The molecule has 3 aromatic rings. The lowest BCUT2D eigenvalue weighted by Gasteiger charge is -2.37. The molecule has 0 aliphatic carbocycles. The molecule has 2 fully saturated rings. The Labute approximate surface area is 280 Å². The normalized spacial score (nSPS) is 17.1. The van der Waals surface area contributed by atoms with Crippen LogP contribution in [0.15, 0.2) is 58.5 Å². The molecular formula is C31H33F5N8O4S. The number of hydrogen-bond acceptors (Lipinski definition) is 8. The van der Waals surface area contributed by atoms with Gasteiger partial charge in [0.05, 0.1) is 27.4 Å². The highest BCUT2D eigenvalue weighted by atomic mass is 32.2. The number of amidine groups is 1. The van der Waals surface area contributed by atoms with E-state index in [2.05, 4.69) is 19.6 Å². The number of nitrogens with zero attached hydrogens (tertiary/aromatic N) is 5. The summed E-state index contributed by atoms with van der Waals surface area (Å²) in [5, 5.41) is 0. The Hall–Kier alpha value is -4.68. The zero-order valence-corrected chi connectivity index (χ0v) is 27.0. The Morgan fingerprint density at radius 1 is 1.02 bits per heavy atom. The number of nitrogens with one attached hydrogen (secondary N) is 1. The zero-order chi connectivity index (χ0) is 35.5. The number of nitrogen functional groups attached to an aromatic ring is 1. The molecule has 5 N–H and O–H groups in total. The minimum absolute atomic E-state index is 0.0573. The summed E-state index contributed by atoms with van der Waals surface area (Å²) in [6, 6.07) is 6.97. The maximum atomic E-state index is 14.1. The first-order chi connectivity index (χ1) is 23.2. The summed E-state index contributed by atoms with van der Waals surface area (Å²) in [4.78, 5) is 39.1. The van der Waals surface area contributed by atoms with Crippen LogP contribution in [0.5, 0.6) is 0 Å². The maximum absolute atomic E-state index is 14.1. The maximum Gasteiger partial charge on any atom is 0.471 e. The second kappa shape index (κ2) is 14.8. The van der Waals surface area contributed by atoms with Gasteiger partial charge >= 0.3 is 12.1 Å². The highest BCUT2D eigenvalue weighted by Gasteiger charge is 2.46. The first kappa shape index (κ1) is 35.6. The second-order valence-electron chi connectivity index (χ2n) is 11.4. The summed E-state index contributed by atoms with van der Waals surface area (Å²) in [6.45, 7) is 2.74. The van der Waals surface area contributed by atoms with Crippen molar-refractivity contribution in [1.82, 2.24) is 9.88 Å². The minimum atomic E-state index is -5.26. The summed E-state index contributed by atoms with van der Waals surface area (Å²) in [7, 11) is -0.191. The highest BCUT2D eigenvalue weighted by molar-refractivity contribution is 7.86. The van der Waals surface area contributed by atoms with E-state index in [1.807, 2.05) is 11.9 Å². The number of ether oxygens (including phenoxy) is 1. The van der Waals surface area contributed by atoms with Crippen LogP contribution >= 0.6 is 0 Å². The van der Waals surface area contributed by atoms with Gasteiger partial charge in [-0.25, -0.2) is 18.0 Å². The van der Waals surface area contributed by atoms with Gasteiger partial charge < -0.3 is 35.6 Å². The van der Waals surface area contributed by atoms with Crippen molar-refractivity contribution in [3.05, 3.63) is 71.4 Å². The summed E-state index contributed by atoms with van der Waals surface area (Å²) >= 11 is 0. The number of carbonyl (C=O) groups excluding carboxylic acids is 2. The van der Waals surface area contributed by atoms with Crippen LogP contribution < -0.4 is 26.0 Å². The molecule has 2 amide bonds. The first-order valence-corrected chi connectivity index (χ1v) is 16.2. The molecule has 0 radical (unpaired) electrons. The monoisotopic (exact) mass is 708 g/mol. The average Bonchev–Trinajstić information content (AvgIpc) is 3.05. The number of alkyl halides is 3. The number of nitrogens with two attached hydrogens (primary N) is 2. The van der Waals surface area contributed by atoms with E-state index in [1.54, 1.807) is 6.07 Å². The molecule has 262 valence electrons. The number of hydrogen-bond donors (Lipinski definition) is 3. The third kappa shape index (κ3) is 8.49. The highest BCUT2D eigenvalue weighted by Crippen LogP contribution is 2.35. The smallest absolute Gasteiger partial charge is 0.383 e. The van der Waals surface area contributed by atoms with Gasteiger partial charge in [0, 0.05) is 63.4 Å². The summed E-state index contributed by atoms with van der Waals surface area (Å²) in [5.74, 6) is -5.78. The van der Waals surface area contributed by atoms with E-state index in [0.717, 1.165) is 18.3 Å². The molecule has 1 unspecified atom stereocenters. The molecule has 2 aliphatic rings. The van der Waals surface area contributed by atoms with Crippen molar-refractivity contribution in [1.29, 1.82) is 0 Å². The number of halogens is 5. The van der Waals surface area contributed by atoms with Crippen LogP contribution in [0.3, 0.4) is 0 Å². The number of piperazine rings is 1. The van der Waals surface area contributed by atoms with Crippen LogP contribution in [-0.2, 0) is 20.5 Å². The fourth-order valence-electron chi connectivity index (χ4n) is 5.48. The summed E-state index contributed by atoms with van der Waals surface area (Å²) in [5.41, 5.74) is 11.7. The van der Waals surface area contributed by atoms with Gasteiger partial charge in [-0.05, 0) is 56.3 Å². The van der Waals surface area contributed by atoms with Crippen LogP contribution in [0.1, 0.15) is 28.8 Å². The van der Waals surface area contributed by atoms with Crippen molar-refractivity contribution in [2.24, 2.45) is 10.7 Å². The quantitative estimate of drug-likeness (QED) is 0.181. The lowest BCUT2D eigenvalue weighted by molar-refractivity contribution is -0.171.